The van der Waals surface area contributed by atoms with E-state index in [2.05, 4.69) is 10.6 Å². The number of esters is 1. The number of carbonyl (C=O) groups is 3. The molecule has 0 bridgehead atoms. The van der Waals surface area contributed by atoms with Crippen molar-refractivity contribution in [3.8, 4) is 11.5 Å². The molecule has 0 fully saturated rings. The third-order valence-electron chi connectivity index (χ3n) is 2.71. The number of ether oxygens (including phenoxy) is 3. The zero-order valence-electron chi connectivity index (χ0n) is 14.2. The molecule has 0 heterocycles. The summed E-state index contributed by atoms with van der Waals surface area (Å²) in [5.74, 6) is -0.551. The molecule has 0 spiro atoms. The average Bonchev–Trinajstić information content (AvgIpc) is 2.52. The molecule has 1 aromatic rings. The molecule has 0 aliphatic carbocycles. The fraction of sp³-hybridized carbons (Fsp3) is 0.438. The number of methoxy groups -OCH3 is 1. The number of imide groups is 1. The van der Waals surface area contributed by atoms with Gasteiger partial charge in [0.05, 0.1) is 19.3 Å². The molecule has 8 heteroatoms. The van der Waals surface area contributed by atoms with Crippen LogP contribution < -0.4 is 20.1 Å². The molecule has 1 rings (SSSR count). The van der Waals surface area contributed by atoms with Gasteiger partial charge in [0.25, 0.3) is 5.91 Å². The molecule has 0 atom stereocenters. The van der Waals surface area contributed by atoms with Crippen LogP contribution in [0.2, 0.25) is 0 Å². The Labute approximate surface area is 140 Å². The lowest BCUT2D eigenvalue weighted by atomic mass is 10.2. The maximum atomic E-state index is 12.0. The first-order valence-corrected chi connectivity index (χ1v) is 7.45. The van der Waals surface area contributed by atoms with Crippen molar-refractivity contribution in [2.75, 3.05) is 20.3 Å². The molecule has 24 heavy (non-hydrogen) atoms. The van der Waals surface area contributed by atoms with E-state index < -0.39 is 24.5 Å². The minimum Gasteiger partial charge on any atom is -0.493 e. The standard InChI is InChI=1S/C16H22N2O6/c1-5-23-13-8-11(6-7-12(13)22-4)15(20)24-9-14(19)18-16(21)17-10(2)3/h6-8,10H,5,9H2,1-4H3,(H2,17,18,19,21). The second-order valence-corrected chi connectivity index (χ2v) is 5.05. The number of nitrogens with one attached hydrogen (secondary N) is 2. The van der Waals surface area contributed by atoms with Crippen LogP contribution in [-0.2, 0) is 9.53 Å². The number of benzene rings is 1. The monoisotopic (exact) mass is 338 g/mol. The van der Waals surface area contributed by atoms with Crippen LogP contribution in [0.15, 0.2) is 18.2 Å². The van der Waals surface area contributed by atoms with E-state index in [4.69, 9.17) is 14.2 Å². The molecule has 3 amide bonds. The predicted molar refractivity (Wildman–Crippen MR) is 86.3 cm³/mol. The molecule has 0 unspecified atom stereocenters. The van der Waals surface area contributed by atoms with E-state index in [0.29, 0.717) is 18.1 Å². The Morgan fingerprint density at radius 2 is 1.88 bits per heavy atom. The summed E-state index contributed by atoms with van der Waals surface area (Å²) in [7, 11) is 1.49. The molecule has 2 N–H and O–H groups in total. The summed E-state index contributed by atoms with van der Waals surface area (Å²) in [4.78, 5) is 34.9. The molecule has 0 aromatic heterocycles. The third-order valence-corrected chi connectivity index (χ3v) is 2.71. The Balaban J connectivity index is 2.60. The minimum absolute atomic E-state index is 0.114. The van der Waals surface area contributed by atoms with Gasteiger partial charge in [0.15, 0.2) is 18.1 Å². The Morgan fingerprint density at radius 1 is 1.17 bits per heavy atom. The molecule has 0 saturated carbocycles. The van der Waals surface area contributed by atoms with E-state index in [1.54, 1.807) is 26.8 Å². The second-order valence-electron chi connectivity index (χ2n) is 5.05. The molecular weight excluding hydrogens is 316 g/mol. The Hall–Kier alpha value is -2.77. The average molecular weight is 338 g/mol. The number of hydrogen-bond acceptors (Lipinski definition) is 6. The quantitative estimate of drug-likeness (QED) is 0.730. The van der Waals surface area contributed by atoms with E-state index in [0.717, 1.165) is 0 Å². The highest BCUT2D eigenvalue weighted by molar-refractivity contribution is 5.97. The summed E-state index contributed by atoms with van der Waals surface area (Å²) in [5, 5.41) is 4.54. The Kier molecular flexibility index (Phi) is 7.54. The molecular formula is C16H22N2O6. The number of carbonyl (C=O) groups excluding carboxylic acids is 3. The second kappa shape index (κ2) is 9.39. The van der Waals surface area contributed by atoms with Gasteiger partial charge in [-0.25, -0.2) is 9.59 Å². The van der Waals surface area contributed by atoms with Crippen molar-refractivity contribution in [1.82, 2.24) is 10.6 Å². The van der Waals surface area contributed by atoms with Gasteiger partial charge < -0.3 is 19.5 Å². The van der Waals surface area contributed by atoms with Crippen LogP contribution >= 0.6 is 0 Å². The SMILES string of the molecule is CCOc1cc(C(=O)OCC(=O)NC(=O)NC(C)C)ccc1OC. The molecule has 132 valence electrons. The summed E-state index contributed by atoms with van der Waals surface area (Å²) >= 11 is 0. The first kappa shape index (κ1) is 19.3. The summed E-state index contributed by atoms with van der Waals surface area (Å²) in [6, 6.07) is 3.77. The summed E-state index contributed by atoms with van der Waals surface area (Å²) in [5.41, 5.74) is 0.207. The number of urea groups is 1. The smallest absolute Gasteiger partial charge is 0.338 e. The summed E-state index contributed by atoms with van der Waals surface area (Å²) in [6.07, 6.45) is 0. The number of amides is 3. The van der Waals surface area contributed by atoms with Crippen molar-refractivity contribution in [1.29, 1.82) is 0 Å². The highest BCUT2D eigenvalue weighted by Gasteiger charge is 2.15. The predicted octanol–water partition coefficient (Wildman–Crippen LogP) is 1.48. The van der Waals surface area contributed by atoms with Gasteiger partial charge in [-0.1, -0.05) is 0 Å². The molecule has 0 aliphatic heterocycles. The van der Waals surface area contributed by atoms with Crippen LogP contribution in [0.5, 0.6) is 11.5 Å². The van der Waals surface area contributed by atoms with E-state index in [-0.39, 0.29) is 11.6 Å². The lowest BCUT2D eigenvalue weighted by Crippen LogP contribution is -2.44. The fourth-order valence-electron chi connectivity index (χ4n) is 1.75. The minimum atomic E-state index is -0.722. The highest BCUT2D eigenvalue weighted by atomic mass is 16.5. The van der Waals surface area contributed by atoms with E-state index in [1.165, 1.54) is 19.2 Å². The van der Waals surface area contributed by atoms with Gasteiger partial charge in [0, 0.05) is 6.04 Å². The fourth-order valence-corrected chi connectivity index (χ4v) is 1.75. The van der Waals surface area contributed by atoms with Gasteiger partial charge in [-0.15, -0.1) is 0 Å². The zero-order valence-corrected chi connectivity index (χ0v) is 14.2. The van der Waals surface area contributed by atoms with Crippen molar-refractivity contribution in [3.05, 3.63) is 23.8 Å². The van der Waals surface area contributed by atoms with Crippen LogP contribution in [0.25, 0.3) is 0 Å². The Bertz CT molecular complexity index is 600. The van der Waals surface area contributed by atoms with E-state index in [1.807, 2.05) is 0 Å². The Morgan fingerprint density at radius 3 is 2.46 bits per heavy atom. The first-order valence-electron chi connectivity index (χ1n) is 7.45. The van der Waals surface area contributed by atoms with E-state index in [9.17, 15) is 14.4 Å². The molecule has 0 aliphatic rings. The van der Waals surface area contributed by atoms with Crippen LogP contribution in [-0.4, -0.2) is 44.3 Å². The van der Waals surface area contributed by atoms with Crippen molar-refractivity contribution >= 4 is 17.9 Å². The van der Waals surface area contributed by atoms with Gasteiger partial charge in [-0.05, 0) is 39.0 Å². The van der Waals surface area contributed by atoms with Crippen molar-refractivity contribution in [3.63, 3.8) is 0 Å². The van der Waals surface area contributed by atoms with Crippen LogP contribution in [0.4, 0.5) is 4.79 Å². The van der Waals surface area contributed by atoms with Gasteiger partial charge in [-0.3, -0.25) is 10.1 Å². The van der Waals surface area contributed by atoms with E-state index >= 15 is 0 Å². The topological polar surface area (TPSA) is 103 Å². The maximum Gasteiger partial charge on any atom is 0.338 e. The van der Waals surface area contributed by atoms with Gasteiger partial charge in [0.2, 0.25) is 0 Å². The first-order chi connectivity index (χ1) is 11.4. The van der Waals surface area contributed by atoms with Gasteiger partial charge in [0.1, 0.15) is 0 Å². The molecule has 8 nitrogen and oxygen atoms in total. The lowest BCUT2D eigenvalue weighted by molar-refractivity contribution is -0.123. The maximum absolute atomic E-state index is 12.0. The summed E-state index contributed by atoms with van der Waals surface area (Å²) in [6.45, 7) is 5.15. The normalized spacial score (nSPS) is 10.0. The summed E-state index contributed by atoms with van der Waals surface area (Å²) < 4.78 is 15.4. The third kappa shape index (κ3) is 6.15. The lowest BCUT2D eigenvalue weighted by Gasteiger charge is -2.11. The van der Waals surface area contributed by atoms with Crippen LogP contribution in [0.1, 0.15) is 31.1 Å². The van der Waals surface area contributed by atoms with Crippen molar-refractivity contribution in [2.24, 2.45) is 0 Å². The van der Waals surface area contributed by atoms with Crippen LogP contribution in [0, 0.1) is 0 Å². The van der Waals surface area contributed by atoms with Crippen molar-refractivity contribution < 1.29 is 28.6 Å². The van der Waals surface area contributed by atoms with Crippen LogP contribution in [0.3, 0.4) is 0 Å². The molecule has 0 saturated heterocycles. The van der Waals surface area contributed by atoms with Gasteiger partial charge in [-0.2, -0.15) is 0 Å². The highest BCUT2D eigenvalue weighted by Crippen LogP contribution is 2.28. The largest absolute Gasteiger partial charge is 0.493 e. The number of hydrogen-bond donors (Lipinski definition) is 2. The number of rotatable bonds is 7. The zero-order chi connectivity index (χ0) is 18.1. The molecule has 1 aromatic carbocycles. The molecule has 0 radical (unpaired) electrons. The van der Waals surface area contributed by atoms with Gasteiger partial charge >= 0.3 is 12.0 Å². The van der Waals surface area contributed by atoms with Crippen molar-refractivity contribution in [2.45, 2.75) is 26.8 Å².